The van der Waals surface area contributed by atoms with Gasteiger partial charge in [-0.1, -0.05) is 19.1 Å². The second-order valence-electron chi connectivity index (χ2n) is 6.49. The molecule has 0 saturated carbocycles. The molecule has 0 aromatic heterocycles. The summed E-state index contributed by atoms with van der Waals surface area (Å²) in [6.07, 6.45) is 3.75. The zero-order valence-corrected chi connectivity index (χ0v) is 15.0. The van der Waals surface area contributed by atoms with Crippen LogP contribution in [0.15, 0.2) is 29.3 Å². The molecular weight excluding hydrogens is 303 g/mol. The summed E-state index contributed by atoms with van der Waals surface area (Å²) < 4.78 is 12.9. The Hall–Kier alpha value is -1.62. The van der Waals surface area contributed by atoms with Crippen LogP contribution in [0.3, 0.4) is 0 Å². The lowest BCUT2D eigenvalue weighted by Crippen LogP contribution is -2.43. The molecule has 5 heteroatoms. The average Bonchev–Trinajstić information content (AvgIpc) is 2.60. The molecule has 1 aliphatic rings. The summed E-state index contributed by atoms with van der Waals surface area (Å²) in [4.78, 5) is 7.16. The van der Waals surface area contributed by atoms with E-state index in [1.165, 1.54) is 51.0 Å². The second-order valence-corrected chi connectivity index (χ2v) is 6.49. The molecular formula is C19H31FN4. The zero-order valence-electron chi connectivity index (χ0n) is 15.0. The zero-order chi connectivity index (χ0) is 17.2. The van der Waals surface area contributed by atoms with Gasteiger partial charge in [-0.25, -0.2) is 9.38 Å². The third-order valence-electron chi connectivity index (χ3n) is 4.48. The van der Waals surface area contributed by atoms with Gasteiger partial charge in [0.15, 0.2) is 5.96 Å². The van der Waals surface area contributed by atoms with E-state index >= 15 is 0 Å². The van der Waals surface area contributed by atoms with Crippen molar-refractivity contribution < 1.29 is 4.39 Å². The van der Waals surface area contributed by atoms with Crippen LogP contribution in [0.1, 0.15) is 38.7 Å². The van der Waals surface area contributed by atoms with Gasteiger partial charge in [-0.3, -0.25) is 0 Å². The van der Waals surface area contributed by atoms with Crippen molar-refractivity contribution in [2.24, 2.45) is 10.9 Å². The molecule has 1 aromatic carbocycles. The Morgan fingerprint density at radius 1 is 1.17 bits per heavy atom. The Labute approximate surface area is 145 Å². The minimum absolute atomic E-state index is 0.206. The molecule has 1 heterocycles. The number of nitrogens with zero attached hydrogens (tertiary/aromatic N) is 2. The molecule has 1 aromatic rings. The van der Waals surface area contributed by atoms with E-state index in [0.717, 1.165) is 24.6 Å². The van der Waals surface area contributed by atoms with Crippen LogP contribution in [-0.2, 0) is 6.54 Å². The van der Waals surface area contributed by atoms with Gasteiger partial charge in [0.1, 0.15) is 5.82 Å². The molecule has 2 N–H and O–H groups in total. The number of benzene rings is 1. The van der Waals surface area contributed by atoms with E-state index in [-0.39, 0.29) is 5.82 Å². The van der Waals surface area contributed by atoms with Crippen molar-refractivity contribution in [3.8, 4) is 0 Å². The van der Waals surface area contributed by atoms with Crippen LogP contribution in [0.25, 0.3) is 0 Å². The van der Waals surface area contributed by atoms with Crippen molar-refractivity contribution >= 4 is 5.96 Å². The molecule has 0 unspecified atom stereocenters. The molecule has 1 saturated heterocycles. The Morgan fingerprint density at radius 3 is 2.50 bits per heavy atom. The highest BCUT2D eigenvalue weighted by Crippen LogP contribution is 2.16. The molecule has 134 valence electrons. The highest BCUT2D eigenvalue weighted by molar-refractivity contribution is 5.79. The van der Waals surface area contributed by atoms with Gasteiger partial charge in [0.25, 0.3) is 0 Å². The molecule has 4 nitrogen and oxygen atoms in total. The first-order valence-electron chi connectivity index (χ1n) is 9.20. The van der Waals surface area contributed by atoms with Crippen LogP contribution < -0.4 is 10.6 Å². The van der Waals surface area contributed by atoms with Gasteiger partial charge in [0.05, 0.1) is 6.54 Å². The third-order valence-corrected chi connectivity index (χ3v) is 4.48. The van der Waals surface area contributed by atoms with Crippen molar-refractivity contribution in [1.82, 2.24) is 15.5 Å². The van der Waals surface area contributed by atoms with E-state index in [2.05, 4.69) is 34.4 Å². The summed E-state index contributed by atoms with van der Waals surface area (Å²) in [5, 5.41) is 6.75. The van der Waals surface area contributed by atoms with Gasteiger partial charge in [0, 0.05) is 13.1 Å². The van der Waals surface area contributed by atoms with E-state index in [0.29, 0.717) is 12.5 Å². The summed E-state index contributed by atoms with van der Waals surface area (Å²) in [6, 6.07) is 6.53. The fourth-order valence-corrected chi connectivity index (χ4v) is 3.07. The number of hydrogen-bond donors (Lipinski definition) is 2. The van der Waals surface area contributed by atoms with E-state index in [1.54, 1.807) is 12.1 Å². The predicted molar refractivity (Wildman–Crippen MR) is 98.7 cm³/mol. The average molecular weight is 334 g/mol. The third kappa shape index (κ3) is 6.48. The highest BCUT2D eigenvalue weighted by Gasteiger charge is 2.18. The molecule has 1 aliphatic heterocycles. The van der Waals surface area contributed by atoms with Crippen LogP contribution in [0.2, 0.25) is 0 Å². The van der Waals surface area contributed by atoms with Crippen LogP contribution in [-0.4, -0.2) is 43.6 Å². The molecule has 24 heavy (non-hydrogen) atoms. The first-order chi connectivity index (χ1) is 11.7. The minimum atomic E-state index is -0.206. The standard InChI is InChI=1S/C19H31FN4/c1-3-11-24-12-9-17(10-13-24)15-23-19(21-4-2)22-14-16-5-7-18(20)8-6-16/h5-8,17H,3-4,9-15H2,1-2H3,(H2,21,22,23). The Balaban J connectivity index is 1.78. The first-order valence-corrected chi connectivity index (χ1v) is 9.20. The van der Waals surface area contributed by atoms with Crippen molar-refractivity contribution in [3.05, 3.63) is 35.6 Å². The maximum Gasteiger partial charge on any atom is 0.191 e. The van der Waals surface area contributed by atoms with Crippen LogP contribution in [0.5, 0.6) is 0 Å². The smallest absolute Gasteiger partial charge is 0.191 e. The number of likely N-dealkylation sites (tertiary alicyclic amines) is 1. The van der Waals surface area contributed by atoms with Crippen LogP contribution >= 0.6 is 0 Å². The maximum absolute atomic E-state index is 12.9. The lowest BCUT2D eigenvalue weighted by atomic mass is 9.97. The van der Waals surface area contributed by atoms with Crippen LogP contribution in [0.4, 0.5) is 4.39 Å². The van der Waals surface area contributed by atoms with Crippen molar-refractivity contribution in [2.75, 3.05) is 32.7 Å². The molecule has 1 fully saturated rings. The van der Waals surface area contributed by atoms with Gasteiger partial charge in [-0.05, 0) is 69.4 Å². The largest absolute Gasteiger partial charge is 0.357 e. The predicted octanol–water partition coefficient (Wildman–Crippen LogP) is 3.00. The minimum Gasteiger partial charge on any atom is -0.357 e. The Morgan fingerprint density at radius 2 is 1.88 bits per heavy atom. The van der Waals surface area contributed by atoms with Crippen molar-refractivity contribution in [1.29, 1.82) is 0 Å². The van der Waals surface area contributed by atoms with Gasteiger partial charge in [-0.2, -0.15) is 0 Å². The molecule has 0 atom stereocenters. The van der Waals surface area contributed by atoms with E-state index < -0.39 is 0 Å². The topological polar surface area (TPSA) is 39.7 Å². The van der Waals surface area contributed by atoms with Gasteiger partial charge < -0.3 is 15.5 Å². The van der Waals surface area contributed by atoms with Crippen molar-refractivity contribution in [3.63, 3.8) is 0 Å². The number of guanidine groups is 1. The van der Waals surface area contributed by atoms with E-state index in [1.807, 2.05) is 0 Å². The lowest BCUT2D eigenvalue weighted by Gasteiger charge is -2.32. The number of hydrogen-bond acceptors (Lipinski definition) is 2. The first kappa shape index (κ1) is 18.7. The summed E-state index contributed by atoms with van der Waals surface area (Å²) in [5.74, 6) is 1.35. The molecule has 0 spiro atoms. The molecule has 0 amide bonds. The Bertz CT molecular complexity index is 493. The summed E-state index contributed by atoms with van der Waals surface area (Å²) in [6.45, 7) is 10.3. The summed E-state index contributed by atoms with van der Waals surface area (Å²) in [7, 11) is 0. The monoisotopic (exact) mass is 334 g/mol. The molecule has 0 bridgehead atoms. The SMILES string of the molecule is CCCN1CCC(CNC(=NCc2ccc(F)cc2)NCC)CC1. The normalized spacial score (nSPS) is 17.0. The maximum atomic E-state index is 12.9. The Kier molecular flexibility index (Phi) is 8.02. The van der Waals surface area contributed by atoms with Gasteiger partial charge in [0.2, 0.25) is 0 Å². The number of aliphatic imine (C=N–C) groups is 1. The molecule has 2 rings (SSSR count). The number of rotatable bonds is 7. The highest BCUT2D eigenvalue weighted by atomic mass is 19.1. The molecule has 0 aliphatic carbocycles. The molecule has 0 radical (unpaired) electrons. The lowest BCUT2D eigenvalue weighted by molar-refractivity contribution is 0.185. The van der Waals surface area contributed by atoms with Crippen LogP contribution in [0, 0.1) is 11.7 Å². The van der Waals surface area contributed by atoms with E-state index in [4.69, 9.17) is 0 Å². The fourth-order valence-electron chi connectivity index (χ4n) is 3.07. The summed E-state index contributed by atoms with van der Waals surface area (Å²) in [5.41, 5.74) is 1.02. The van der Waals surface area contributed by atoms with E-state index in [9.17, 15) is 4.39 Å². The number of nitrogens with one attached hydrogen (secondary N) is 2. The van der Waals surface area contributed by atoms with Gasteiger partial charge in [-0.15, -0.1) is 0 Å². The quantitative estimate of drug-likeness (QED) is 0.595. The van der Waals surface area contributed by atoms with Crippen molar-refractivity contribution in [2.45, 2.75) is 39.7 Å². The number of halogens is 1. The summed E-state index contributed by atoms with van der Waals surface area (Å²) >= 11 is 0. The fraction of sp³-hybridized carbons (Fsp3) is 0.632. The second kappa shape index (κ2) is 10.3. The van der Waals surface area contributed by atoms with Gasteiger partial charge >= 0.3 is 0 Å². The number of piperidine rings is 1.